The van der Waals surface area contributed by atoms with Crippen molar-refractivity contribution in [1.29, 1.82) is 0 Å². The summed E-state index contributed by atoms with van der Waals surface area (Å²) in [7, 11) is 0. The average molecular weight is 208 g/mol. The highest BCUT2D eigenvalue weighted by molar-refractivity contribution is 5.44. The van der Waals surface area contributed by atoms with Crippen molar-refractivity contribution >= 4 is 5.69 Å². The predicted octanol–water partition coefficient (Wildman–Crippen LogP) is 2.38. The molecule has 0 aromatic heterocycles. The summed E-state index contributed by atoms with van der Waals surface area (Å²) in [4.78, 5) is 0. The molecule has 1 fully saturated rings. The van der Waals surface area contributed by atoms with E-state index in [0.717, 1.165) is 25.1 Å². The molecule has 0 aliphatic carbocycles. The molecule has 0 amide bonds. The van der Waals surface area contributed by atoms with E-state index in [1.54, 1.807) is 12.1 Å². The van der Waals surface area contributed by atoms with Crippen molar-refractivity contribution < 1.29 is 4.39 Å². The first-order valence-corrected chi connectivity index (χ1v) is 5.49. The number of rotatable bonds is 2. The van der Waals surface area contributed by atoms with Crippen LogP contribution < -0.4 is 10.6 Å². The van der Waals surface area contributed by atoms with Gasteiger partial charge in [-0.05, 0) is 44.5 Å². The van der Waals surface area contributed by atoms with Crippen LogP contribution in [-0.2, 0) is 0 Å². The Morgan fingerprint density at radius 2 is 2.33 bits per heavy atom. The van der Waals surface area contributed by atoms with Gasteiger partial charge in [0.05, 0.1) is 0 Å². The number of halogens is 1. The second-order valence-corrected chi connectivity index (χ2v) is 4.23. The summed E-state index contributed by atoms with van der Waals surface area (Å²) < 4.78 is 12.9. The summed E-state index contributed by atoms with van der Waals surface area (Å²) in [6.07, 6.45) is 2.19. The zero-order valence-electron chi connectivity index (χ0n) is 8.96. The molecule has 0 saturated carbocycles. The van der Waals surface area contributed by atoms with Gasteiger partial charge in [0.15, 0.2) is 0 Å². The Hall–Kier alpha value is -1.09. The van der Waals surface area contributed by atoms with Crippen LogP contribution >= 0.6 is 0 Å². The van der Waals surface area contributed by atoms with E-state index < -0.39 is 0 Å². The standard InChI is InChI=1S/C12H17FN2/c1-9-7-12(5-6-14-9)15-11-4-2-3-10(13)8-11/h2-4,8-9,12,14-15H,5-7H2,1H3. The van der Waals surface area contributed by atoms with Crippen LogP contribution in [0.2, 0.25) is 0 Å². The number of anilines is 1. The van der Waals surface area contributed by atoms with E-state index in [-0.39, 0.29) is 5.82 Å². The fraction of sp³-hybridized carbons (Fsp3) is 0.500. The van der Waals surface area contributed by atoms with Crippen LogP contribution in [0.15, 0.2) is 24.3 Å². The molecule has 0 spiro atoms. The third-order valence-electron chi connectivity index (χ3n) is 2.82. The van der Waals surface area contributed by atoms with Crippen molar-refractivity contribution in [3.63, 3.8) is 0 Å². The van der Waals surface area contributed by atoms with Gasteiger partial charge >= 0.3 is 0 Å². The molecule has 82 valence electrons. The average Bonchev–Trinajstić information content (AvgIpc) is 2.17. The van der Waals surface area contributed by atoms with Gasteiger partial charge in [-0.15, -0.1) is 0 Å². The molecule has 2 unspecified atom stereocenters. The zero-order chi connectivity index (χ0) is 10.7. The third kappa shape index (κ3) is 2.93. The van der Waals surface area contributed by atoms with E-state index in [1.165, 1.54) is 6.07 Å². The van der Waals surface area contributed by atoms with Crippen molar-refractivity contribution in [2.45, 2.75) is 31.8 Å². The molecule has 2 atom stereocenters. The van der Waals surface area contributed by atoms with Gasteiger partial charge in [-0.1, -0.05) is 6.07 Å². The Labute approximate surface area is 89.9 Å². The molecule has 1 saturated heterocycles. The van der Waals surface area contributed by atoms with Gasteiger partial charge in [0, 0.05) is 17.8 Å². The van der Waals surface area contributed by atoms with E-state index in [4.69, 9.17) is 0 Å². The molecule has 3 heteroatoms. The summed E-state index contributed by atoms with van der Waals surface area (Å²) >= 11 is 0. The fourth-order valence-corrected chi connectivity index (χ4v) is 2.08. The molecule has 1 aliphatic rings. The molecular weight excluding hydrogens is 191 g/mol. The lowest BCUT2D eigenvalue weighted by molar-refractivity contribution is 0.396. The first-order chi connectivity index (χ1) is 7.24. The Bertz CT molecular complexity index is 327. The van der Waals surface area contributed by atoms with Crippen LogP contribution in [-0.4, -0.2) is 18.6 Å². The van der Waals surface area contributed by atoms with Gasteiger partial charge in [0.25, 0.3) is 0 Å². The Balaban J connectivity index is 1.96. The summed E-state index contributed by atoms with van der Waals surface area (Å²) in [6, 6.07) is 7.67. The van der Waals surface area contributed by atoms with Crippen LogP contribution in [0, 0.1) is 5.82 Å². The topological polar surface area (TPSA) is 24.1 Å². The van der Waals surface area contributed by atoms with Crippen molar-refractivity contribution in [1.82, 2.24) is 5.32 Å². The zero-order valence-corrected chi connectivity index (χ0v) is 8.96. The lowest BCUT2D eigenvalue weighted by atomic mass is 10.0. The molecule has 1 aromatic rings. The second-order valence-electron chi connectivity index (χ2n) is 4.23. The van der Waals surface area contributed by atoms with Gasteiger partial charge in [0.1, 0.15) is 5.82 Å². The molecule has 2 N–H and O–H groups in total. The van der Waals surface area contributed by atoms with Gasteiger partial charge in [-0.3, -0.25) is 0 Å². The molecule has 0 bridgehead atoms. The summed E-state index contributed by atoms with van der Waals surface area (Å²) in [5.41, 5.74) is 0.883. The highest BCUT2D eigenvalue weighted by Crippen LogP contribution is 2.16. The molecule has 15 heavy (non-hydrogen) atoms. The number of hydrogen-bond donors (Lipinski definition) is 2. The molecule has 1 aliphatic heterocycles. The number of nitrogens with one attached hydrogen (secondary N) is 2. The number of hydrogen-bond acceptors (Lipinski definition) is 2. The van der Waals surface area contributed by atoms with Crippen LogP contribution in [0.1, 0.15) is 19.8 Å². The van der Waals surface area contributed by atoms with E-state index in [0.29, 0.717) is 12.1 Å². The molecule has 1 aromatic carbocycles. The van der Waals surface area contributed by atoms with Crippen molar-refractivity contribution in [3.8, 4) is 0 Å². The van der Waals surface area contributed by atoms with Gasteiger partial charge in [-0.25, -0.2) is 4.39 Å². The fourth-order valence-electron chi connectivity index (χ4n) is 2.08. The normalized spacial score (nSPS) is 26.3. The van der Waals surface area contributed by atoms with Gasteiger partial charge in [-0.2, -0.15) is 0 Å². The van der Waals surface area contributed by atoms with E-state index in [9.17, 15) is 4.39 Å². The van der Waals surface area contributed by atoms with Crippen LogP contribution in [0.3, 0.4) is 0 Å². The van der Waals surface area contributed by atoms with Crippen molar-refractivity contribution in [2.75, 3.05) is 11.9 Å². The first kappa shape index (κ1) is 10.4. The van der Waals surface area contributed by atoms with Crippen molar-refractivity contribution in [2.24, 2.45) is 0 Å². The van der Waals surface area contributed by atoms with Gasteiger partial charge < -0.3 is 10.6 Å². The van der Waals surface area contributed by atoms with Crippen molar-refractivity contribution in [3.05, 3.63) is 30.1 Å². The number of piperidine rings is 1. The highest BCUT2D eigenvalue weighted by atomic mass is 19.1. The molecule has 2 rings (SSSR count). The summed E-state index contributed by atoms with van der Waals surface area (Å²) in [6.45, 7) is 3.22. The minimum Gasteiger partial charge on any atom is -0.382 e. The molecular formula is C12H17FN2. The first-order valence-electron chi connectivity index (χ1n) is 5.49. The largest absolute Gasteiger partial charge is 0.382 e. The predicted molar refractivity (Wildman–Crippen MR) is 60.5 cm³/mol. The van der Waals surface area contributed by atoms with Crippen LogP contribution in [0.4, 0.5) is 10.1 Å². The smallest absolute Gasteiger partial charge is 0.125 e. The Morgan fingerprint density at radius 1 is 1.47 bits per heavy atom. The minimum atomic E-state index is -0.179. The van der Waals surface area contributed by atoms with E-state index in [1.807, 2.05) is 6.07 Å². The Morgan fingerprint density at radius 3 is 3.07 bits per heavy atom. The van der Waals surface area contributed by atoms with Crippen LogP contribution in [0.25, 0.3) is 0 Å². The Kier molecular flexibility index (Phi) is 3.21. The monoisotopic (exact) mass is 208 g/mol. The molecule has 2 nitrogen and oxygen atoms in total. The quantitative estimate of drug-likeness (QED) is 0.779. The highest BCUT2D eigenvalue weighted by Gasteiger charge is 2.17. The van der Waals surface area contributed by atoms with E-state index in [2.05, 4.69) is 17.6 Å². The molecule has 1 heterocycles. The summed E-state index contributed by atoms with van der Waals surface area (Å²) in [5.74, 6) is -0.179. The van der Waals surface area contributed by atoms with Gasteiger partial charge in [0.2, 0.25) is 0 Å². The second kappa shape index (κ2) is 4.62. The lowest BCUT2D eigenvalue weighted by Gasteiger charge is -2.29. The van der Waals surface area contributed by atoms with Crippen LogP contribution in [0.5, 0.6) is 0 Å². The summed E-state index contributed by atoms with van der Waals surface area (Å²) in [5, 5.41) is 6.77. The minimum absolute atomic E-state index is 0.179. The molecule has 0 radical (unpaired) electrons. The number of benzene rings is 1. The third-order valence-corrected chi connectivity index (χ3v) is 2.82. The van der Waals surface area contributed by atoms with E-state index >= 15 is 0 Å². The SMILES string of the molecule is CC1CC(Nc2cccc(F)c2)CCN1. The maximum Gasteiger partial charge on any atom is 0.125 e. The maximum atomic E-state index is 12.9. The lowest BCUT2D eigenvalue weighted by Crippen LogP contribution is -2.41. The maximum absolute atomic E-state index is 12.9.